The van der Waals surface area contributed by atoms with E-state index in [1.807, 2.05) is 13.8 Å². The second-order valence-corrected chi connectivity index (χ2v) is 3.27. The van der Waals surface area contributed by atoms with Crippen molar-refractivity contribution in [2.24, 2.45) is 0 Å². The van der Waals surface area contributed by atoms with Crippen molar-refractivity contribution in [3.05, 3.63) is 17.9 Å². The van der Waals surface area contributed by atoms with Crippen molar-refractivity contribution in [2.75, 3.05) is 6.61 Å². The maximum atomic E-state index is 5.66. The molecule has 0 aliphatic rings. The Morgan fingerprint density at radius 2 is 2.00 bits per heavy atom. The Morgan fingerprint density at radius 1 is 1.33 bits per heavy atom. The van der Waals surface area contributed by atoms with Gasteiger partial charge in [0.2, 0.25) is 5.28 Å². The predicted molar refractivity (Wildman–Crippen MR) is 56.3 cm³/mol. The number of hydrogen-bond acceptors (Lipinski definition) is 5. The van der Waals surface area contributed by atoms with Gasteiger partial charge >= 0.3 is 12.0 Å². The predicted octanol–water partition coefficient (Wildman–Crippen LogP) is 1.88. The fourth-order valence-corrected chi connectivity index (χ4v) is 0.921. The third-order valence-electron chi connectivity index (χ3n) is 1.24. The van der Waals surface area contributed by atoms with Gasteiger partial charge in [0, 0.05) is 0 Å². The van der Waals surface area contributed by atoms with Crippen LogP contribution in [0.3, 0.4) is 0 Å². The molecule has 0 N–H and O–H groups in total. The van der Waals surface area contributed by atoms with Gasteiger partial charge in [-0.25, -0.2) is 0 Å². The van der Waals surface area contributed by atoms with E-state index in [0.717, 1.165) is 0 Å². The van der Waals surface area contributed by atoms with E-state index in [1.165, 1.54) is 0 Å². The molecule has 0 radical (unpaired) electrons. The van der Waals surface area contributed by atoms with E-state index in [4.69, 9.17) is 21.1 Å². The van der Waals surface area contributed by atoms with Crippen LogP contribution in [-0.2, 0) is 0 Å². The van der Waals surface area contributed by atoms with Crippen molar-refractivity contribution in [3.8, 4) is 12.0 Å². The minimum atomic E-state index is -0.0317. The van der Waals surface area contributed by atoms with Crippen LogP contribution in [0.25, 0.3) is 0 Å². The number of nitrogens with zero attached hydrogens (tertiary/aromatic N) is 3. The van der Waals surface area contributed by atoms with Gasteiger partial charge in [0.25, 0.3) is 0 Å². The van der Waals surface area contributed by atoms with Gasteiger partial charge in [0.1, 0.15) is 6.61 Å². The minimum absolute atomic E-state index is 0.0317. The Balaban J connectivity index is 2.79. The Morgan fingerprint density at radius 3 is 2.60 bits per heavy atom. The maximum absolute atomic E-state index is 5.66. The van der Waals surface area contributed by atoms with Crippen LogP contribution in [0.1, 0.15) is 13.8 Å². The van der Waals surface area contributed by atoms with Crippen LogP contribution < -0.4 is 9.47 Å². The molecule has 0 aromatic carbocycles. The van der Waals surface area contributed by atoms with E-state index in [2.05, 4.69) is 21.5 Å². The molecule has 1 aromatic rings. The van der Waals surface area contributed by atoms with Crippen LogP contribution in [0.2, 0.25) is 5.28 Å². The monoisotopic (exact) mass is 229 g/mol. The largest absolute Gasteiger partial charge is 0.461 e. The SMILES string of the molecule is C=CCOc1nc(Cl)nc(OC(C)C)n1. The van der Waals surface area contributed by atoms with Gasteiger partial charge in [0.15, 0.2) is 0 Å². The number of halogens is 1. The Bertz CT molecular complexity index is 344. The zero-order valence-corrected chi connectivity index (χ0v) is 9.36. The van der Waals surface area contributed by atoms with Crippen molar-refractivity contribution in [1.29, 1.82) is 0 Å². The highest BCUT2D eigenvalue weighted by atomic mass is 35.5. The lowest BCUT2D eigenvalue weighted by Crippen LogP contribution is -2.10. The molecule has 0 atom stereocenters. The standard InChI is InChI=1S/C9H12ClN3O2/c1-4-5-14-8-11-7(10)12-9(13-8)15-6(2)3/h4,6H,1,5H2,2-3H3. The summed E-state index contributed by atoms with van der Waals surface area (Å²) >= 11 is 5.66. The summed E-state index contributed by atoms with van der Waals surface area (Å²) in [5.74, 6) is 0. The van der Waals surface area contributed by atoms with Gasteiger partial charge in [0.05, 0.1) is 6.10 Å². The zero-order valence-electron chi connectivity index (χ0n) is 8.61. The molecule has 0 amide bonds. The summed E-state index contributed by atoms with van der Waals surface area (Å²) < 4.78 is 10.4. The highest BCUT2D eigenvalue weighted by Crippen LogP contribution is 2.13. The van der Waals surface area contributed by atoms with Crippen LogP contribution in [0.5, 0.6) is 12.0 Å². The van der Waals surface area contributed by atoms with E-state index in [-0.39, 0.29) is 23.4 Å². The summed E-state index contributed by atoms with van der Waals surface area (Å²) in [6.45, 7) is 7.54. The molecule has 6 heteroatoms. The van der Waals surface area contributed by atoms with Crippen LogP contribution in [0.4, 0.5) is 0 Å². The summed E-state index contributed by atoms with van der Waals surface area (Å²) in [6.07, 6.45) is 1.55. The maximum Gasteiger partial charge on any atom is 0.324 e. The molecule has 0 saturated heterocycles. The number of rotatable bonds is 5. The molecule has 0 spiro atoms. The van der Waals surface area contributed by atoms with E-state index < -0.39 is 0 Å². The quantitative estimate of drug-likeness (QED) is 0.722. The second-order valence-electron chi connectivity index (χ2n) is 2.94. The lowest BCUT2D eigenvalue weighted by molar-refractivity contribution is 0.215. The van der Waals surface area contributed by atoms with Crippen LogP contribution in [0.15, 0.2) is 12.7 Å². The van der Waals surface area contributed by atoms with Crippen LogP contribution in [-0.4, -0.2) is 27.7 Å². The zero-order chi connectivity index (χ0) is 11.3. The Kier molecular flexibility index (Phi) is 4.30. The van der Waals surface area contributed by atoms with Gasteiger partial charge in [-0.05, 0) is 25.4 Å². The van der Waals surface area contributed by atoms with Crippen molar-refractivity contribution < 1.29 is 9.47 Å². The summed E-state index contributed by atoms with van der Waals surface area (Å²) in [5.41, 5.74) is 0. The Hall–Kier alpha value is -1.36. The molecule has 0 aliphatic heterocycles. The molecule has 0 saturated carbocycles. The minimum Gasteiger partial charge on any atom is -0.461 e. The first-order chi connectivity index (χ1) is 7.11. The van der Waals surface area contributed by atoms with Crippen molar-refractivity contribution in [2.45, 2.75) is 20.0 Å². The number of ether oxygens (including phenoxy) is 2. The third kappa shape index (κ3) is 4.12. The first kappa shape index (κ1) is 11.7. The van der Waals surface area contributed by atoms with Gasteiger partial charge in [-0.15, -0.1) is 4.98 Å². The lowest BCUT2D eigenvalue weighted by atomic mass is 10.5. The second kappa shape index (κ2) is 5.50. The van der Waals surface area contributed by atoms with Crippen LogP contribution >= 0.6 is 11.6 Å². The van der Waals surface area contributed by atoms with Crippen molar-refractivity contribution >= 4 is 11.6 Å². The first-order valence-corrected chi connectivity index (χ1v) is 4.81. The van der Waals surface area contributed by atoms with Gasteiger partial charge in [-0.2, -0.15) is 9.97 Å². The molecule has 1 rings (SSSR count). The lowest BCUT2D eigenvalue weighted by Gasteiger charge is -2.08. The molecule has 5 nitrogen and oxygen atoms in total. The summed E-state index contributed by atoms with van der Waals surface area (Å²) in [5, 5.41) is 0.0414. The average molecular weight is 230 g/mol. The van der Waals surface area contributed by atoms with E-state index >= 15 is 0 Å². The molecule has 1 aromatic heterocycles. The highest BCUT2D eigenvalue weighted by molar-refractivity contribution is 6.28. The highest BCUT2D eigenvalue weighted by Gasteiger charge is 2.07. The smallest absolute Gasteiger partial charge is 0.324 e. The van der Waals surface area contributed by atoms with Crippen molar-refractivity contribution in [3.63, 3.8) is 0 Å². The average Bonchev–Trinajstić information content (AvgIpc) is 2.12. The third-order valence-corrected chi connectivity index (χ3v) is 1.41. The molecule has 15 heavy (non-hydrogen) atoms. The van der Waals surface area contributed by atoms with Gasteiger partial charge in [-0.3, -0.25) is 0 Å². The van der Waals surface area contributed by atoms with E-state index in [9.17, 15) is 0 Å². The van der Waals surface area contributed by atoms with E-state index in [1.54, 1.807) is 6.08 Å². The summed E-state index contributed by atoms with van der Waals surface area (Å²) in [7, 11) is 0. The van der Waals surface area contributed by atoms with Crippen molar-refractivity contribution in [1.82, 2.24) is 15.0 Å². The molecule has 0 unspecified atom stereocenters. The first-order valence-electron chi connectivity index (χ1n) is 4.43. The van der Waals surface area contributed by atoms with Gasteiger partial charge < -0.3 is 9.47 Å². The summed E-state index contributed by atoms with van der Waals surface area (Å²) in [6, 6.07) is 0.287. The molecule has 0 aliphatic carbocycles. The fourth-order valence-electron chi connectivity index (χ4n) is 0.776. The van der Waals surface area contributed by atoms with Crippen LogP contribution in [0, 0.1) is 0 Å². The van der Waals surface area contributed by atoms with Gasteiger partial charge in [-0.1, -0.05) is 12.7 Å². The fraction of sp³-hybridized carbons (Fsp3) is 0.444. The topological polar surface area (TPSA) is 57.1 Å². The molecule has 1 heterocycles. The summed E-state index contributed by atoms with van der Waals surface area (Å²) in [4.78, 5) is 11.5. The molecular weight excluding hydrogens is 218 g/mol. The molecular formula is C9H12ClN3O2. The molecule has 0 bridgehead atoms. The molecule has 82 valence electrons. The Labute approximate surface area is 93.1 Å². The molecule has 0 fully saturated rings. The number of aromatic nitrogens is 3. The van der Waals surface area contributed by atoms with E-state index in [0.29, 0.717) is 6.61 Å². The normalized spacial score (nSPS) is 10.1. The number of hydrogen-bond donors (Lipinski definition) is 0.